The van der Waals surface area contributed by atoms with E-state index in [1.54, 1.807) is 0 Å². The van der Waals surface area contributed by atoms with Crippen molar-refractivity contribution in [3.63, 3.8) is 0 Å². The number of aryl methyl sites for hydroxylation is 2. The summed E-state index contributed by atoms with van der Waals surface area (Å²) in [5.41, 5.74) is 2.37. The van der Waals surface area contributed by atoms with E-state index < -0.39 is 0 Å². The van der Waals surface area contributed by atoms with E-state index in [-0.39, 0.29) is 0 Å². The van der Waals surface area contributed by atoms with Crippen LogP contribution in [0.25, 0.3) is 0 Å². The highest BCUT2D eigenvalue weighted by molar-refractivity contribution is 9.10. The highest BCUT2D eigenvalue weighted by Crippen LogP contribution is 2.20. The average Bonchev–Trinajstić information content (AvgIpc) is 2.66. The number of nitrogens with zero attached hydrogens (tertiary/aromatic N) is 2. The Morgan fingerprint density at radius 3 is 2.94 bits per heavy atom. The molecule has 0 radical (unpaired) electrons. The number of halogens is 1. The third kappa shape index (κ3) is 2.44. The van der Waals surface area contributed by atoms with Gasteiger partial charge in [0.1, 0.15) is 5.82 Å². The third-order valence-corrected chi connectivity index (χ3v) is 3.05. The molecule has 0 aliphatic rings. The van der Waals surface area contributed by atoms with Gasteiger partial charge in [0.05, 0.1) is 6.54 Å². The number of rotatable bonds is 3. The normalized spacial score (nSPS) is 10.4. The van der Waals surface area contributed by atoms with Crippen LogP contribution in [-0.4, -0.2) is 9.55 Å². The van der Waals surface area contributed by atoms with Crippen LogP contribution in [0.4, 0.5) is 5.69 Å². The Morgan fingerprint density at radius 1 is 1.44 bits per heavy atom. The lowest BCUT2D eigenvalue weighted by molar-refractivity contribution is 0.812. The molecule has 2 rings (SSSR count). The summed E-state index contributed by atoms with van der Waals surface area (Å²) in [6, 6.07) is 6.21. The van der Waals surface area contributed by atoms with E-state index in [1.165, 1.54) is 5.56 Å². The zero-order valence-electron chi connectivity index (χ0n) is 9.37. The molecular formula is C12H14BrN3. The van der Waals surface area contributed by atoms with Crippen LogP contribution < -0.4 is 5.32 Å². The van der Waals surface area contributed by atoms with Crippen molar-refractivity contribution >= 4 is 21.6 Å². The van der Waals surface area contributed by atoms with Crippen LogP contribution in [0.1, 0.15) is 11.4 Å². The van der Waals surface area contributed by atoms with Crippen LogP contribution in [0.15, 0.2) is 35.1 Å². The second kappa shape index (κ2) is 4.70. The van der Waals surface area contributed by atoms with Crippen molar-refractivity contribution in [3.8, 4) is 0 Å². The van der Waals surface area contributed by atoms with E-state index >= 15 is 0 Å². The first-order valence-corrected chi connectivity index (χ1v) is 5.92. The number of benzene rings is 1. The maximum absolute atomic E-state index is 4.27. The molecule has 0 amide bonds. The standard InChI is InChI=1S/C12H14BrN3/c1-9-3-4-10(13)7-11(9)15-8-12-14-5-6-16(12)2/h3-7,15H,8H2,1-2H3. The molecule has 0 unspecified atom stereocenters. The third-order valence-electron chi connectivity index (χ3n) is 2.56. The Kier molecular flexibility index (Phi) is 3.29. The van der Waals surface area contributed by atoms with E-state index in [2.05, 4.69) is 45.3 Å². The van der Waals surface area contributed by atoms with E-state index in [9.17, 15) is 0 Å². The molecule has 0 aliphatic heterocycles. The fraction of sp³-hybridized carbons (Fsp3) is 0.250. The second-order valence-corrected chi connectivity index (χ2v) is 4.68. The Bertz CT molecular complexity index is 491. The number of aromatic nitrogens is 2. The minimum absolute atomic E-state index is 0.737. The van der Waals surface area contributed by atoms with Crippen molar-refractivity contribution in [2.45, 2.75) is 13.5 Å². The van der Waals surface area contributed by atoms with Gasteiger partial charge in [-0.3, -0.25) is 0 Å². The topological polar surface area (TPSA) is 29.9 Å². The summed E-state index contributed by atoms with van der Waals surface area (Å²) in [7, 11) is 2.00. The molecule has 3 nitrogen and oxygen atoms in total. The molecule has 2 aromatic rings. The Hall–Kier alpha value is -1.29. The molecule has 1 aromatic carbocycles. The van der Waals surface area contributed by atoms with Crippen molar-refractivity contribution in [1.29, 1.82) is 0 Å². The first kappa shape index (κ1) is 11.2. The van der Waals surface area contributed by atoms with E-state index in [0.29, 0.717) is 0 Å². The first-order valence-electron chi connectivity index (χ1n) is 5.13. The molecule has 0 saturated carbocycles. The van der Waals surface area contributed by atoms with Crippen molar-refractivity contribution in [3.05, 3.63) is 46.5 Å². The molecule has 1 N–H and O–H groups in total. The van der Waals surface area contributed by atoms with Gasteiger partial charge in [-0.1, -0.05) is 22.0 Å². The predicted octanol–water partition coefficient (Wildman–Crippen LogP) is 3.10. The van der Waals surface area contributed by atoms with Gasteiger partial charge in [-0.2, -0.15) is 0 Å². The summed E-state index contributed by atoms with van der Waals surface area (Å²) in [6.45, 7) is 2.83. The molecule has 84 valence electrons. The van der Waals surface area contributed by atoms with Gasteiger partial charge in [-0.25, -0.2) is 4.98 Å². The van der Waals surface area contributed by atoms with E-state index in [4.69, 9.17) is 0 Å². The van der Waals surface area contributed by atoms with Crippen LogP contribution in [0, 0.1) is 6.92 Å². The SMILES string of the molecule is Cc1ccc(Br)cc1NCc1nccn1C. The first-order chi connectivity index (χ1) is 7.66. The van der Waals surface area contributed by atoms with Gasteiger partial charge in [-0.05, 0) is 24.6 Å². The lowest BCUT2D eigenvalue weighted by atomic mass is 10.2. The van der Waals surface area contributed by atoms with Crippen molar-refractivity contribution < 1.29 is 0 Å². The maximum atomic E-state index is 4.27. The Balaban J connectivity index is 2.10. The smallest absolute Gasteiger partial charge is 0.127 e. The summed E-state index contributed by atoms with van der Waals surface area (Å²) in [6.07, 6.45) is 3.76. The van der Waals surface area contributed by atoms with Crippen LogP contribution in [0.2, 0.25) is 0 Å². The second-order valence-electron chi connectivity index (χ2n) is 3.77. The molecule has 0 atom stereocenters. The van der Waals surface area contributed by atoms with Crippen LogP contribution in [-0.2, 0) is 13.6 Å². The zero-order valence-corrected chi connectivity index (χ0v) is 11.0. The largest absolute Gasteiger partial charge is 0.378 e. The highest BCUT2D eigenvalue weighted by Gasteiger charge is 2.01. The molecule has 1 heterocycles. The quantitative estimate of drug-likeness (QED) is 0.936. The molecule has 0 spiro atoms. The van der Waals surface area contributed by atoms with Gasteiger partial charge < -0.3 is 9.88 Å². The molecule has 1 aromatic heterocycles. The van der Waals surface area contributed by atoms with E-state index in [0.717, 1.165) is 22.5 Å². The number of imidazole rings is 1. The summed E-state index contributed by atoms with van der Waals surface area (Å²) in [5.74, 6) is 1.03. The summed E-state index contributed by atoms with van der Waals surface area (Å²) >= 11 is 3.47. The van der Waals surface area contributed by atoms with Crippen LogP contribution >= 0.6 is 15.9 Å². The zero-order chi connectivity index (χ0) is 11.5. The summed E-state index contributed by atoms with van der Waals surface area (Å²) in [5, 5.41) is 3.38. The molecule has 4 heteroatoms. The van der Waals surface area contributed by atoms with Crippen molar-refractivity contribution in [2.75, 3.05) is 5.32 Å². The molecular weight excluding hydrogens is 266 g/mol. The number of nitrogens with one attached hydrogen (secondary N) is 1. The molecule has 0 saturated heterocycles. The fourth-order valence-corrected chi connectivity index (χ4v) is 1.89. The predicted molar refractivity (Wildman–Crippen MR) is 69.4 cm³/mol. The molecule has 16 heavy (non-hydrogen) atoms. The van der Waals surface area contributed by atoms with Gasteiger partial charge in [0.2, 0.25) is 0 Å². The lowest BCUT2D eigenvalue weighted by Crippen LogP contribution is -2.06. The minimum Gasteiger partial charge on any atom is -0.378 e. The maximum Gasteiger partial charge on any atom is 0.127 e. The highest BCUT2D eigenvalue weighted by atomic mass is 79.9. The van der Waals surface area contributed by atoms with Crippen molar-refractivity contribution in [2.24, 2.45) is 7.05 Å². The fourth-order valence-electron chi connectivity index (χ4n) is 1.53. The van der Waals surface area contributed by atoms with Gasteiger partial charge in [0.15, 0.2) is 0 Å². The number of hydrogen-bond donors (Lipinski definition) is 1. The lowest BCUT2D eigenvalue weighted by Gasteiger charge is -2.09. The van der Waals surface area contributed by atoms with E-state index in [1.807, 2.05) is 30.1 Å². The van der Waals surface area contributed by atoms with Crippen LogP contribution in [0.5, 0.6) is 0 Å². The minimum atomic E-state index is 0.737. The Labute approximate surface area is 104 Å². The molecule has 0 aliphatic carbocycles. The summed E-state index contributed by atoms with van der Waals surface area (Å²) in [4.78, 5) is 4.27. The van der Waals surface area contributed by atoms with Crippen molar-refractivity contribution in [1.82, 2.24) is 9.55 Å². The number of hydrogen-bond acceptors (Lipinski definition) is 2. The molecule has 0 bridgehead atoms. The van der Waals surface area contributed by atoms with Gasteiger partial charge >= 0.3 is 0 Å². The van der Waals surface area contributed by atoms with Crippen LogP contribution in [0.3, 0.4) is 0 Å². The Morgan fingerprint density at radius 2 is 2.25 bits per heavy atom. The molecule has 0 fully saturated rings. The monoisotopic (exact) mass is 279 g/mol. The number of anilines is 1. The summed E-state index contributed by atoms with van der Waals surface area (Å²) < 4.78 is 3.10. The van der Waals surface area contributed by atoms with Gasteiger partial charge in [0.25, 0.3) is 0 Å². The average molecular weight is 280 g/mol. The van der Waals surface area contributed by atoms with Gasteiger partial charge in [-0.15, -0.1) is 0 Å². The van der Waals surface area contributed by atoms with Gasteiger partial charge in [0, 0.05) is 29.6 Å².